The Kier molecular flexibility index (Phi) is 3.52. The number of hydrogen-bond acceptors (Lipinski definition) is 2. The molecular formula is C16H11ClFNO. The zero-order valence-corrected chi connectivity index (χ0v) is 11.3. The van der Waals surface area contributed by atoms with Crippen molar-refractivity contribution in [3.8, 4) is 5.88 Å². The van der Waals surface area contributed by atoms with Gasteiger partial charge in [0.05, 0.1) is 5.39 Å². The summed E-state index contributed by atoms with van der Waals surface area (Å²) in [6.07, 6.45) is 0. The summed E-state index contributed by atoms with van der Waals surface area (Å²) < 4.78 is 19.6. The normalized spacial score (nSPS) is 10.7. The van der Waals surface area contributed by atoms with Crippen LogP contribution in [0.25, 0.3) is 10.8 Å². The van der Waals surface area contributed by atoms with E-state index < -0.39 is 0 Å². The molecule has 0 amide bonds. The van der Waals surface area contributed by atoms with Crippen molar-refractivity contribution >= 4 is 22.4 Å². The molecule has 0 aliphatic carbocycles. The molecule has 2 aromatic carbocycles. The van der Waals surface area contributed by atoms with Crippen molar-refractivity contribution < 1.29 is 9.13 Å². The van der Waals surface area contributed by atoms with Crippen LogP contribution in [0.2, 0.25) is 5.15 Å². The number of benzene rings is 2. The Balaban J connectivity index is 1.98. The molecule has 0 N–H and O–H groups in total. The highest BCUT2D eigenvalue weighted by atomic mass is 35.5. The van der Waals surface area contributed by atoms with Crippen LogP contribution in [0, 0.1) is 5.82 Å². The third-order valence-electron chi connectivity index (χ3n) is 2.96. The number of halogens is 2. The predicted molar refractivity (Wildman–Crippen MR) is 77.5 cm³/mol. The number of ether oxygens (including phenoxy) is 1. The molecule has 3 aromatic rings. The van der Waals surface area contributed by atoms with E-state index in [1.54, 1.807) is 18.2 Å². The van der Waals surface area contributed by atoms with Gasteiger partial charge in [-0.05, 0) is 23.1 Å². The lowest BCUT2D eigenvalue weighted by Gasteiger charge is -2.09. The zero-order chi connectivity index (χ0) is 13.9. The van der Waals surface area contributed by atoms with Gasteiger partial charge in [-0.15, -0.1) is 0 Å². The van der Waals surface area contributed by atoms with Crippen LogP contribution >= 0.6 is 11.6 Å². The Hall–Kier alpha value is -2.13. The Morgan fingerprint density at radius 3 is 2.65 bits per heavy atom. The third-order valence-corrected chi connectivity index (χ3v) is 3.15. The van der Waals surface area contributed by atoms with Crippen molar-refractivity contribution in [2.75, 3.05) is 0 Å². The van der Waals surface area contributed by atoms with E-state index in [2.05, 4.69) is 4.98 Å². The number of hydrogen-bond donors (Lipinski definition) is 0. The van der Waals surface area contributed by atoms with Gasteiger partial charge in [-0.3, -0.25) is 0 Å². The lowest BCUT2D eigenvalue weighted by Crippen LogP contribution is -1.99. The molecule has 3 rings (SSSR count). The van der Waals surface area contributed by atoms with E-state index in [4.69, 9.17) is 16.3 Å². The molecule has 0 radical (unpaired) electrons. The number of pyridine rings is 1. The second-order valence-corrected chi connectivity index (χ2v) is 4.75. The maximum atomic E-state index is 13.9. The van der Waals surface area contributed by atoms with Crippen molar-refractivity contribution in [1.82, 2.24) is 4.98 Å². The summed E-state index contributed by atoms with van der Waals surface area (Å²) >= 11 is 5.94. The number of rotatable bonds is 3. The molecule has 1 heterocycles. The highest BCUT2D eigenvalue weighted by Gasteiger charge is 2.11. The monoisotopic (exact) mass is 287 g/mol. The van der Waals surface area contributed by atoms with Crippen LogP contribution in [0.5, 0.6) is 5.88 Å². The fraction of sp³-hybridized carbons (Fsp3) is 0.0625. The van der Waals surface area contributed by atoms with Crippen molar-refractivity contribution in [2.24, 2.45) is 0 Å². The second kappa shape index (κ2) is 5.47. The van der Waals surface area contributed by atoms with E-state index in [1.807, 2.05) is 30.3 Å². The molecule has 1 aromatic heterocycles. The standard InChI is InChI=1S/C16H11ClFNO/c17-14-9-12-7-4-8-13(18)15(12)16(19-14)20-10-11-5-2-1-3-6-11/h1-9H,10H2. The predicted octanol–water partition coefficient (Wildman–Crippen LogP) is 4.61. The summed E-state index contributed by atoms with van der Waals surface area (Å²) in [5.41, 5.74) is 0.985. The van der Waals surface area contributed by atoms with E-state index in [9.17, 15) is 4.39 Å². The average molecular weight is 288 g/mol. The lowest BCUT2D eigenvalue weighted by atomic mass is 10.1. The first-order valence-electron chi connectivity index (χ1n) is 6.15. The summed E-state index contributed by atoms with van der Waals surface area (Å²) in [4.78, 5) is 4.08. The molecule has 0 saturated carbocycles. The van der Waals surface area contributed by atoms with E-state index in [0.717, 1.165) is 5.56 Å². The van der Waals surface area contributed by atoms with E-state index in [1.165, 1.54) is 6.07 Å². The summed E-state index contributed by atoms with van der Waals surface area (Å²) in [5.74, 6) is -0.149. The molecule has 0 fully saturated rings. The third kappa shape index (κ3) is 2.58. The van der Waals surface area contributed by atoms with E-state index in [0.29, 0.717) is 17.4 Å². The minimum absolute atomic E-state index is 0.217. The Morgan fingerprint density at radius 1 is 1.05 bits per heavy atom. The van der Waals surface area contributed by atoms with Crippen molar-refractivity contribution in [1.29, 1.82) is 0 Å². The molecule has 0 aliphatic rings. The maximum Gasteiger partial charge on any atom is 0.226 e. The van der Waals surface area contributed by atoms with Crippen LogP contribution in [0.3, 0.4) is 0 Å². The van der Waals surface area contributed by atoms with Crippen LogP contribution < -0.4 is 4.74 Å². The summed E-state index contributed by atoms with van der Waals surface area (Å²) in [6, 6.07) is 16.0. The Morgan fingerprint density at radius 2 is 1.85 bits per heavy atom. The van der Waals surface area contributed by atoms with Gasteiger partial charge < -0.3 is 4.74 Å². The molecule has 0 atom stereocenters. The topological polar surface area (TPSA) is 22.1 Å². The van der Waals surface area contributed by atoms with Crippen molar-refractivity contribution in [3.63, 3.8) is 0 Å². The molecule has 20 heavy (non-hydrogen) atoms. The first-order valence-corrected chi connectivity index (χ1v) is 6.53. The molecular weight excluding hydrogens is 277 g/mol. The molecule has 0 saturated heterocycles. The van der Waals surface area contributed by atoms with Gasteiger partial charge in [0.1, 0.15) is 17.6 Å². The molecule has 0 bridgehead atoms. The molecule has 2 nitrogen and oxygen atoms in total. The van der Waals surface area contributed by atoms with Crippen LogP contribution in [0.1, 0.15) is 5.56 Å². The minimum atomic E-state index is -0.366. The largest absolute Gasteiger partial charge is 0.472 e. The molecule has 0 aliphatic heterocycles. The van der Waals surface area contributed by atoms with Crippen molar-refractivity contribution in [2.45, 2.75) is 6.61 Å². The number of fused-ring (bicyclic) bond motifs is 1. The molecule has 4 heteroatoms. The first-order chi connectivity index (χ1) is 9.74. The number of aromatic nitrogens is 1. The summed E-state index contributed by atoms with van der Waals surface area (Å²) in [7, 11) is 0. The fourth-order valence-corrected chi connectivity index (χ4v) is 2.22. The smallest absolute Gasteiger partial charge is 0.226 e. The van der Waals surface area contributed by atoms with Gasteiger partial charge in [-0.25, -0.2) is 9.37 Å². The van der Waals surface area contributed by atoms with Crippen LogP contribution in [0.15, 0.2) is 54.6 Å². The van der Waals surface area contributed by atoms with E-state index >= 15 is 0 Å². The highest BCUT2D eigenvalue weighted by Crippen LogP contribution is 2.29. The van der Waals surface area contributed by atoms with Gasteiger partial charge >= 0.3 is 0 Å². The minimum Gasteiger partial charge on any atom is -0.472 e. The lowest BCUT2D eigenvalue weighted by molar-refractivity contribution is 0.297. The van der Waals surface area contributed by atoms with Crippen LogP contribution in [0.4, 0.5) is 4.39 Å². The van der Waals surface area contributed by atoms with Crippen molar-refractivity contribution in [3.05, 3.63) is 71.1 Å². The average Bonchev–Trinajstić information content (AvgIpc) is 2.45. The SMILES string of the molecule is Fc1cccc2cc(Cl)nc(OCc3ccccc3)c12. The second-order valence-electron chi connectivity index (χ2n) is 4.36. The number of nitrogens with zero attached hydrogens (tertiary/aromatic N) is 1. The maximum absolute atomic E-state index is 13.9. The van der Waals surface area contributed by atoms with Crippen LogP contribution in [-0.2, 0) is 6.61 Å². The van der Waals surface area contributed by atoms with Gasteiger partial charge in [-0.2, -0.15) is 0 Å². The zero-order valence-electron chi connectivity index (χ0n) is 10.5. The van der Waals surface area contributed by atoms with Gasteiger partial charge in [0.2, 0.25) is 5.88 Å². The molecule has 0 unspecified atom stereocenters. The molecule has 0 spiro atoms. The van der Waals surface area contributed by atoms with Crippen LogP contribution in [-0.4, -0.2) is 4.98 Å². The Labute approximate surface area is 120 Å². The van der Waals surface area contributed by atoms with E-state index in [-0.39, 0.29) is 16.9 Å². The van der Waals surface area contributed by atoms with Gasteiger partial charge in [-0.1, -0.05) is 54.1 Å². The van der Waals surface area contributed by atoms with Gasteiger partial charge in [0, 0.05) is 0 Å². The molecule has 100 valence electrons. The Bertz CT molecular complexity index is 746. The fourth-order valence-electron chi connectivity index (χ4n) is 2.03. The highest BCUT2D eigenvalue weighted by molar-refractivity contribution is 6.30. The van der Waals surface area contributed by atoms with Gasteiger partial charge in [0.25, 0.3) is 0 Å². The summed E-state index contributed by atoms with van der Waals surface area (Å²) in [5, 5.41) is 1.31. The first kappa shape index (κ1) is 12.9. The van der Waals surface area contributed by atoms with Gasteiger partial charge in [0.15, 0.2) is 0 Å². The summed E-state index contributed by atoms with van der Waals surface area (Å²) in [6.45, 7) is 0.317. The quantitative estimate of drug-likeness (QED) is 0.657.